The zero-order valence-corrected chi connectivity index (χ0v) is 12.9. The van der Waals surface area contributed by atoms with Crippen LogP contribution < -0.4 is 5.32 Å². The number of likely N-dealkylation sites (tertiary alicyclic amines) is 1. The topological polar surface area (TPSA) is 15.3 Å². The molecule has 2 nitrogen and oxygen atoms in total. The van der Waals surface area contributed by atoms with E-state index in [0.29, 0.717) is 6.04 Å². The van der Waals surface area contributed by atoms with E-state index in [2.05, 4.69) is 31.0 Å². The summed E-state index contributed by atoms with van der Waals surface area (Å²) in [4.78, 5) is 2.69. The van der Waals surface area contributed by atoms with Gasteiger partial charge in [-0.25, -0.2) is 0 Å². The Morgan fingerprint density at radius 2 is 1.94 bits per heavy atom. The summed E-state index contributed by atoms with van der Waals surface area (Å²) in [6, 6.07) is 0.644. The third-order valence-electron chi connectivity index (χ3n) is 4.02. The molecule has 0 aromatic rings. The van der Waals surface area contributed by atoms with E-state index in [4.69, 9.17) is 0 Å². The van der Waals surface area contributed by atoms with Crippen LogP contribution in [0.2, 0.25) is 0 Å². The Balaban J connectivity index is 1.87. The van der Waals surface area contributed by atoms with Gasteiger partial charge >= 0.3 is 0 Å². The van der Waals surface area contributed by atoms with Crippen molar-refractivity contribution in [2.75, 3.05) is 26.2 Å². The maximum absolute atomic E-state index is 3.49. The van der Waals surface area contributed by atoms with Crippen LogP contribution in [0, 0.1) is 5.92 Å². The largest absolute Gasteiger partial charge is 0.315 e. The standard InChI is InChI=1S/C16H34N2/c1-4-9-16-10-13-18(14-16)12-8-6-5-7-11-17-15(2)3/h15-17H,4-14H2,1-3H3. The van der Waals surface area contributed by atoms with E-state index in [9.17, 15) is 0 Å². The Bertz CT molecular complexity index is 192. The number of rotatable bonds is 10. The summed E-state index contributed by atoms with van der Waals surface area (Å²) in [6.07, 6.45) is 9.81. The minimum Gasteiger partial charge on any atom is -0.315 e. The van der Waals surface area contributed by atoms with Crippen LogP contribution in [0.15, 0.2) is 0 Å². The molecule has 2 heteroatoms. The first-order valence-corrected chi connectivity index (χ1v) is 8.18. The second-order valence-corrected chi connectivity index (χ2v) is 6.27. The molecule has 1 rings (SSSR count). The van der Waals surface area contributed by atoms with Crippen molar-refractivity contribution in [3.05, 3.63) is 0 Å². The highest BCUT2D eigenvalue weighted by Gasteiger charge is 2.20. The molecule has 1 aliphatic heterocycles. The highest BCUT2D eigenvalue weighted by atomic mass is 15.1. The average molecular weight is 254 g/mol. The lowest BCUT2D eigenvalue weighted by Gasteiger charge is -2.15. The number of unbranched alkanes of at least 4 members (excludes halogenated alkanes) is 3. The van der Waals surface area contributed by atoms with Crippen LogP contribution in [0.4, 0.5) is 0 Å². The van der Waals surface area contributed by atoms with Gasteiger partial charge in [0.05, 0.1) is 0 Å². The smallest absolute Gasteiger partial charge is 0.00103 e. The van der Waals surface area contributed by atoms with E-state index < -0.39 is 0 Å². The molecule has 0 aromatic carbocycles. The summed E-state index contributed by atoms with van der Waals surface area (Å²) < 4.78 is 0. The number of nitrogens with zero attached hydrogens (tertiary/aromatic N) is 1. The second kappa shape index (κ2) is 9.80. The van der Waals surface area contributed by atoms with Crippen molar-refractivity contribution in [2.45, 2.75) is 71.8 Å². The maximum Gasteiger partial charge on any atom is 0.00103 e. The monoisotopic (exact) mass is 254 g/mol. The molecule has 1 saturated heterocycles. The fourth-order valence-corrected chi connectivity index (χ4v) is 2.96. The quantitative estimate of drug-likeness (QED) is 0.598. The molecule has 18 heavy (non-hydrogen) atoms. The lowest BCUT2D eigenvalue weighted by Crippen LogP contribution is -2.23. The zero-order valence-electron chi connectivity index (χ0n) is 12.9. The molecular formula is C16H34N2. The lowest BCUT2D eigenvalue weighted by atomic mass is 10.0. The van der Waals surface area contributed by atoms with Gasteiger partial charge in [-0.1, -0.05) is 40.0 Å². The molecule has 108 valence electrons. The van der Waals surface area contributed by atoms with Gasteiger partial charge in [-0.2, -0.15) is 0 Å². The van der Waals surface area contributed by atoms with E-state index in [1.54, 1.807) is 0 Å². The Morgan fingerprint density at radius 3 is 2.67 bits per heavy atom. The first-order valence-electron chi connectivity index (χ1n) is 8.18. The SMILES string of the molecule is CCCC1CCN(CCCCCCNC(C)C)C1. The van der Waals surface area contributed by atoms with E-state index in [1.807, 2.05) is 0 Å². The Labute approximate surface area is 115 Å². The fraction of sp³-hybridized carbons (Fsp3) is 1.00. The molecule has 0 aliphatic carbocycles. The van der Waals surface area contributed by atoms with Gasteiger partial charge in [0.2, 0.25) is 0 Å². The van der Waals surface area contributed by atoms with Gasteiger partial charge in [0.25, 0.3) is 0 Å². The van der Waals surface area contributed by atoms with Crippen molar-refractivity contribution in [2.24, 2.45) is 5.92 Å². The first-order chi connectivity index (χ1) is 8.72. The number of nitrogens with one attached hydrogen (secondary N) is 1. The molecular weight excluding hydrogens is 220 g/mol. The van der Waals surface area contributed by atoms with Gasteiger partial charge in [0, 0.05) is 12.6 Å². The molecule has 1 atom stereocenters. The summed E-state index contributed by atoms with van der Waals surface area (Å²) in [6.45, 7) is 12.0. The minimum absolute atomic E-state index is 0.644. The van der Waals surface area contributed by atoms with Crippen molar-refractivity contribution >= 4 is 0 Å². The molecule has 1 N–H and O–H groups in total. The molecule has 1 fully saturated rings. The lowest BCUT2D eigenvalue weighted by molar-refractivity contribution is 0.311. The Kier molecular flexibility index (Phi) is 8.70. The van der Waals surface area contributed by atoms with Crippen LogP contribution in [0.3, 0.4) is 0 Å². The van der Waals surface area contributed by atoms with Crippen LogP contribution in [0.1, 0.15) is 65.7 Å². The number of hydrogen-bond donors (Lipinski definition) is 1. The summed E-state index contributed by atoms with van der Waals surface area (Å²) in [5.41, 5.74) is 0. The van der Waals surface area contributed by atoms with Crippen LogP contribution >= 0.6 is 0 Å². The third kappa shape index (κ3) is 7.38. The van der Waals surface area contributed by atoms with Gasteiger partial charge in [0.1, 0.15) is 0 Å². The highest BCUT2D eigenvalue weighted by Crippen LogP contribution is 2.21. The summed E-state index contributed by atoms with van der Waals surface area (Å²) >= 11 is 0. The molecule has 0 amide bonds. The predicted octanol–water partition coefficient (Wildman–Crippen LogP) is 3.67. The average Bonchev–Trinajstić information content (AvgIpc) is 2.76. The number of hydrogen-bond acceptors (Lipinski definition) is 2. The van der Waals surface area contributed by atoms with Crippen LogP contribution in [-0.4, -0.2) is 37.1 Å². The molecule has 1 aliphatic rings. The minimum atomic E-state index is 0.644. The van der Waals surface area contributed by atoms with Gasteiger partial charge in [-0.05, 0) is 51.2 Å². The molecule has 1 unspecified atom stereocenters. The fourth-order valence-electron chi connectivity index (χ4n) is 2.96. The van der Waals surface area contributed by atoms with Gasteiger partial charge in [0.15, 0.2) is 0 Å². The van der Waals surface area contributed by atoms with Crippen molar-refractivity contribution in [1.82, 2.24) is 10.2 Å². The normalized spacial score (nSPS) is 21.0. The van der Waals surface area contributed by atoms with E-state index in [0.717, 1.165) is 5.92 Å². The molecule has 0 aromatic heterocycles. The Morgan fingerprint density at radius 1 is 1.17 bits per heavy atom. The Hall–Kier alpha value is -0.0800. The molecule has 0 saturated carbocycles. The molecule has 1 heterocycles. The van der Waals surface area contributed by atoms with E-state index in [-0.39, 0.29) is 0 Å². The van der Waals surface area contributed by atoms with E-state index in [1.165, 1.54) is 71.1 Å². The highest BCUT2D eigenvalue weighted by molar-refractivity contribution is 4.74. The van der Waals surface area contributed by atoms with Crippen molar-refractivity contribution in [3.63, 3.8) is 0 Å². The van der Waals surface area contributed by atoms with Crippen molar-refractivity contribution < 1.29 is 0 Å². The van der Waals surface area contributed by atoms with Gasteiger partial charge in [-0.15, -0.1) is 0 Å². The van der Waals surface area contributed by atoms with Crippen LogP contribution in [0.25, 0.3) is 0 Å². The third-order valence-corrected chi connectivity index (χ3v) is 4.02. The van der Waals surface area contributed by atoms with Crippen LogP contribution in [0.5, 0.6) is 0 Å². The molecule has 0 spiro atoms. The first kappa shape index (κ1) is 16.0. The summed E-state index contributed by atoms with van der Waals surface area (Å²) in [5.74, 6) is 1.00. The van der Waals surface area contributed by atoms with E-state index >= 15 is 0 Å². The predicted molar refractivity (Wildman–Crippen MR) is 81.1 cm³/mol. The van der Waals surface area contributed by atoms with Gasteiger partial charge < -0.3 is 10.2 Å². The van der Waals surface area contributed by atoms with Gasteiger partial charge in [-0.3, -0.25) is 0 Å². The second-order valence-electron chi connectivity index (χ2n) is 6.27. The summed E-state index contributed by atoms with van der Waals surface area (Å²) in [5, 5.41) is 3.49. The zero-order chi connectivity index (χ0) is 13.2. The maximum atomic E-state index is 3.49. The molecule has 0 bridgehead atoms. The van der Waals surface area contributed by atoms with Crippen LogP contribution in [-0.2, 0) is 0 Å². The summed E-state index contributed by atoms with van der Waals surface area (Å²) in [7, 11) is 0. The van der Waals surface area contributed by atoms with Crippen molar-refractivity contribution in [1.29, 1.82) is 0 Å². The van der Waals surface area contributed by atoms with Crippen molar-refractivity contribution in [3.8, 4) is 0 Å². The molecule has 0 radical (unpaired) electrons.